The van der Waals surface area contributed by atoms with Crippen molar-refractivity contribution in [2.45, 2.75) is 88.8 Å². The molecule has 0 aromatic rings. The lowest BCUT2D eigenvalue weighted by molar-refractivity contribution is -0.144. The Morgan fingerprint density at radius 2 is 1.96 bits per heavy atom. The number of esters is 1. The number of ether oxygens (including phenoxy) is 3. The molecule has 3 rings (SSSR count). The number of Topliss-reactive ketones (excluding diaryl/α,β-unsaturated/α-hetero) is 1. The van der Waals surface area contributed by atoms with Gasteiger partial charge in [0.05, 0.1) is 30.5 Å². The molecular formula is C21H32O6. The van der Waals surface area contributed by atoms with Gasteiger partial charge in [0.2, 0.25) is 0 Å². The maximum absolute atomic E-state index is 13.1. The van der Waals surface area contributed by atoms with E-state index in [1.165, 1.54) is 7.11 Å². The van der Waals surface area contributed by atoms with E-state index in [2.05, 4.69) is 13.5 Å². The second kappa shape index (κ2) is 7.30. The van der Waals surface area contributed by atoms with Crippen LogP contribution in [0.4, 0.5) is 0 Å². The molecule has 3 fully saturated rings. The molecule has 152 valence electrons. The monoisotopic (exact) mass is 380 g/mol. The van der Waals surface area contributed by atoms with E-state index in [9.17, 15) is 14.7 Å². The van der Waals surface area contributed by atoms with Crippen LogP contribution >= 0.6 is 0 Å². The van der Waals surface area contributed by atoms with Crippen LogP contribution in [0.25, 0.3) is 0 Å². The molecule has 0 radical (unpaired) electrons. The summed E-state index contributed by atoms with van der Waals surface area (Å²) in [7, 11) is 1.30. The van der Waals surface area contributed by atoms with Gasteiger partial charge in [0.1, 0.15) is 6.10 Å². The number of aliphatic hydroxyl groups is 1. The molecule has 0 spiro atoms. The summed E-state index contributed by atoms with van der Waals surface area (Å²) in [5.41, 5.74) is -0.992. The van der Waals surface area contributed by atoms with Gasteiger partial charge in [-0.1, -0.05) is 13.5 Å². The van der Waals surface area contributed by atoms with E-state index in [4.69, 9.17) is 14.2 Å². The lowest BCUT2D eigenvalue weighted by Crippen LogP contribution is -2.40. The average molecular weight is 380 g/mol. The number of carbonyl (C=O) groups excluding carboxylic acids is 2. The molecule has 7 atom stereocenters. The summed E-state index contributed by atoms with van der Waals surface area (Å²) >= 11 is 0. The van der Waals surface area contributed by atoms with E-state index in [0.29, 0.717) is 12.8 Å². The Hall–Kier alpha value is -1.24. The zero-order chi connectivity index (χ0) is 20.0. The SMILES string of the molecule is C=C(C(=O)OC)[C@@H]1CC2OC1C(=O)[C@H](C)CCC[C@@]1(C)O[C@@H]1CC[C@@]2(C)O. The summed E-state index contributed by atoms with van der Waals surface area (Å²) in [5.74, 6) is -1.21. The topological polar surface area (TPSA) is 85.4 Å². The molecule has 6 heteroatoms. The maximum atomic E-state index is 13.1. The molecule has 3 saturated heterocycles. The van der Waals surface area contributed by atoms with Gasteiger partial charge in [-0.05, 0) is 52.4 Å². The van der Waals surface area contributed by atoms with Gasteiger partial charge in [-0.2, -0.15) is 0 Å². The first kappa shape index (κ1) is 20.5. The smallest absolute Gasteiger partial charge is 0.333 e. The first-order valence-electron chi connectivity index (χ1n) is 9.95. The number of carbonyl (C=O) groups is 2. The molecule has 27 heavy (non-hydrogen) atoms. The highest BCUT2D eigenvalue weighted by atomic mass is 16.6. The van der Waals surface area contributed by atoms with Crippen molar-refractivity contribution in [2.24, 2.45) is 11.8 Å². The summed E-state index contributed by atoms with van der Waals surface area (Å²) in [4.78, 5) is 25.1. The third kappa shape index (κ3) is 3.98. The number of hydrogen-bond acceptors (Lipinski definition) is 6. The second-order valence-corrected chi connectivity index (χ2v) is 8.91. The largest absolute Gasteiger partial charge is 0.466 e. The molecule has 3 aliphatic heterocycles. The molecule has 2 unspecified atom stereocenters. The zero-order valence-corrected chi connectivity index (χ0v) is 16.8. The van der Waals surface area contributed by atoms with E-state index >= 15 is 0 Å². The number of fused-ring (bicyclic) bond motifs is 3. The van der Waals surface area contributed by atoms with Gasteiger partial charge in [0.15, 0.2) is 5.78 Å². The first-order chi connectivity index (χ1) is 12.6. The Morgan fingerprint density at radius 1 is 1.26 bits per heavy atom. The van der Waals surface area contributed by atoms with Crippen LogP contribution in [0.1, 0.15) is 59.3 Å². The van der Waals surface area contributed by atoms with Crippen molar-refractivity contribution in [3.05, 3.63) is 12.2 Å². The summed E-state index contributed by atoms with van der Waals surface area (Å²) in [6.45, 7) is 9.61. The minimum absolute atomic E-state index is 0.0268. The van der Waals surface area contributed by atoms with Gasteiger partial charge in [0.25, 0.3) is 0 Å². The van der Waals surface area contributed by atoms with E-state index in [-0.39, 0.29) is 29.0 Å². The summed E-state index contributed by atoms with van der Waals surface area (Å²) < 4.78 is 16.7. The van der Waals surface area contributed by atoms with Crippen LogP contribution in [0, 0.1) is 11.8 Å². The summed E-state index contributed by atoms with van der Waals surface area (Å²) in [5, 5.41) is 11.0. The van der Waals surface area contributed by atoms with Crippen LogP contribution in [0.15, 0.2) is 12.2 Å². The Balaban J connectivity index is 1.85. The second-order valence-electron chi connectivity index (χ2n) is 8.91. The normalized spacial score (nSPS) is 45.1. The molecule has 0 aromatic carbocycles. The third-order valence-corrected chi connectivity index (χ3v) is 6.76. The zero-order valence-electron chi connectivity index (χ0n) is 16.8. The van der Waals surface area contributed by atoms with Crippen molar-refractivity contribution in [3.63, 3.8) is 0 Å². The number of epoxide rings is 1. The number of hydrogen-bond donors (Lipinski definition) is 1. The molecular weight excluding hydrogens is 348 g/mol. The first-order valence-corrected chi connectivity index (χ1v) is 9.95. The lowest BCUT2D eigenvalue weighted by Gasteiger charge is -2.30. The fourth-order valence-electron chi connectivity index (χ4n) is 4.60. The van der Waals surface area contributed by atoms with Crippen molar-refractivity contribution in [1.29, 1.82) is 0 Å². The molecule has 6 nitrogen and oxygen atoms in total. The molecule has 1 N–H and O–H groups in total. The molecule has 0 aromatic heterocycles. The van der Waals surface area contributed by atoms with E-state index < -0.39 is 29.7 Å². The molecule has 3 aliphatic rings. The number of ketones is 1. The highest BCUT2D eigenvalue weighted by Crippen LogP contribution is 2.46. The Kier molecular flexibility index (Phi) is 5.54. The van der Waals surface area contributed by atoms with Crippen LogP contribution < -0.4 is 0 Å². The van der Waals surface area contributed by atoms with Gasteiger partial charge >= 0.3 is 5.97 Å². The molecule has 0 aliphatic carbocycles. The van der Waals surface area contributed by atoms with E-state index in [1.807, 2.05) is 6.92 Å². The molecule has 0 saturated carbocycles. The van der Waals surface area contributed by atoms with Gasteiger partial charge in [-0.15, -0.1) is 0 Å². The quantitative estimate of drug-likeness (QED) is 0.450. The van der Waals surface area contributed by atoms with Crippen LogP contribution in [0.2, 0.25) is 0 Å². The molecule has 0 amide bonds. The van der Waals surface area contributed by atoms with Crippen molar-refractivity contribution in [3.8, 4) is 0 Å². The highest BCUT2D eigenvalue weighted by molar-refractivity contribution is 5.92. The van der Waals surface area contributed by atoms with E-state index in [1.54, 1.807) is 6.92 Å². The van der Waals surface area contributed by atoms with Gasteiger partial charge in [0, 0.05) is 17.4 Å². The van der Waals surface area contributed by atoms with Crippen LogP contribution in [-0.2, 0) is 23.8 Å². The Bertz CT molecular complexity index is 626. The van der Waals surface area contributed by atoms with Crippen LogP contribution in [0.3, 0.4) is 0 Å². The predicted octanol–water partition coefficient (Wildman–Crippen LogP) is 2.57. The molecule has 3 heterocycles. The van der Waals surface area contributed by atoms with Crippen molar-refractivity contribution < 1.29 is 28.9 Å². The Labute approximate surface area is 161 Å². The fraction of sp³-hybridized carbons (Fsp3) is 0.810. The van der Waals surface area contributed by atoms with E-state index in [0.717, 1.165) is 25.7 Å². The lowest BCUT2D eigenvalue weighted by atomic mass is 9.81. The summed E-state index contributed by atoms with van der Waals surface area (Å²) in [6, 6.07) is 0. The molecule has 2 bridgehead atoms. The Morgan fingerprint density at radius 3 is 2.63 bits per heavy atom. The highest BCUT2D eigenvalue weighted by Gasteiger charge is 2.54. The van der Waals surface area contributed by atoms with Crippen molar-refractivity contribution in [1.82, 2.24) is 0 Å². The maximum Gasteiger partial charge on any atom is 0.333 e. The van der Waals surface area contributed by atoms with Crippen LogP contribution in [-0.4, -0.2) is 53.5 Å². The van der Waals surface area contributed by atoms with Crippen LogP contribution in [0.5, 0.6) is 0 Å². The van der Waals surface area contributed by atoms with Crippen molar-refractivity contribution in [2.75, 3.05) is 7.11 Å². The van der Waals surface area contributed by atoms with Gasteiger partial charge in [-0.25, -0.2) is 4.79 Å². The van der Waals surface area contributed by atoms with Gasteiger partial charge in [-0.3, -0.25) is 4.79 Å². The van der Waals surface area contributed by atoms with Crippen molar-refractivity contribution >= 4 is 11.8 Å². The number of methoxy groups -OCH3 is 1. The average Bonchev–Trinajstić information content (AvgIpc) is 3.06. The van der Waals surface area contributed by atoms with Gasteiger partial charge < -0.3 is 19.3 Å². The minimum Gasteiger partial charge on any atom is -0.466 e. The predicted molar refractivity (Wildman–Crippen MR) is 99.1 cm³/mol. The minimum atomic E-state index is -1.10. The fourth-order valence-corrected chi connectivity index (χ4v) is 4.60. The standard InChI is InChI=1S/C21H32O6/c1-12-7-6-9-21(4)15(27-21)8-10-20(3,24)16-11-14(13(2)19(23)25-5)18(26-16)17(12)22/h12,14-16,18,24H,2,6-11H2,1,3-5H3/t12-,14+,15-,16?,18?,20-,21-/m1/s1. The number of rotatable bonds is 2. The third-order valence-electron chi connectivity index (χ3n) is 6.76. The summed E-state index contributed by atoms with van der Waals surface area (Å²) in [6.07, 6.45) is 3.07.